The van der Waals surface area contributed by atoms with Crippen LogP contribution in [-0.4, -0.2) is 70.1 Å². The first-order chi connectivity index (χ1) is 14.4. The number of aliphatic imine (C=N–C) groups is 1. The minimum Gasteiger partial charge on any atom is -0.444 e. The summed E-state index contributed by atoms with van der Waals surface area (Å²) in [6.45, 7) is 14.4. The third kappa shape index (κ3) is 8.04. The summed E-state index contributed by atoms with van der Waals surface area (Å²) in [6, 6.07) is 3.27. The Morgan fingerprint density at radius 3 is 2.53 bits per heavy atom. The number of ether oxygens (including phenoxy) is 2. The lowest BCUT2D eigenvalue weighted by molar-refractivity contribution is -0.0755. The molecule has 1 amide bonds. The standard InChI is InChI=1S/C22H37N5O4.HI/c1-8-24-19(26-14-18(28)16-9-11-23-12-10-16)25-13-17-15(2)30-22(6,7)27(17)20(29)31-21(3,4)5;/h9-12,15,17-18,28H,8,13-14H2,1-7H3,(H2,24,25,26);1H. The predicted molar refractivity (Wildman–Crippen MR) is 135 cm³/mol. The number of halogens is 1. The maximum atomic E-state index is 12.9. The van der Waals surface area contributed by atoms with Crippen molar-refractivity contribution in [3.8, 4) is 0 Å². The van der Waals surface area contributed by atoms with Crippen molar-refractivity contribution in [1.82, 2.24) is 20.5 Å². The minimum atomic E-state index is -0.791. The number of aromatic nitrogens is 1. The molecule has 3 N–H and O–H groups in total. The topological polar surface area (TPSA) is 108 Å². The molecule has 1 aromatic rings. The summed E-state index contributed by atoms with van der Waals surface area (Å²) < 4.78 is 11.7. The molecule has 0 bridgehead atoms. The first-order valence-corrected chi connectivity index (χ1v) is 10.7. The fraction of sp³-hybridized carbons (Fsp3) is 0.682. The number of nitrogens with zero attached hydrogens (tertiary/aromatic N) is 3. The van der Waals surface area contributed by atoms with Crippen LogP contribution in [0.2, 0.25) is 0 Å². The van der Waals surface area contributed by atoms with Gasteiger partial charge in [-0.25, -0.2) is 4.79 Å². The molecular formula is C22H38IN5O4. The molecule has 3 unspecified atom stereocenters. The van der Waals surface area contributed by atoms with Gasteiger partial charge in [0.1, 0.15) is 11.3 Å². The van der Waals surface area contributed by atoms with Crippen LogP contribution in [0.15, 0.2) is 29.5 Å². The van der Waals surface area contributed by atoms with E-state index in [-0.39, 0.29) is 42.7 Å². The molecule has 0 spiro atoms. The molecule has 10 heteroatoms. The Bertz CT molecular complexity index is 754. The van der Waals surface area contributed by atoms with E-state index in [1.54, 1.807) is 29.4 Å². The zero-order valence-corrected chi connectivity index (χ0v) is 22.4. The smallest absolute Gasteiger partial charge is 0.412 e. The molecule has 0 saturated carbocycles. The van der Waals surface area contributed by atoms with Gasteiger partial charge in [0.05, 0.1) is 24.8 Å². The Hall–Kier alpha value is -1.66. The second-order valence-corrected chi connectivity index (χ2v) is 9.08. The molecule has 1 aliphatic heterocycles. The maximum absolute atomic E-state index is 12.9. The number of rotatable bonds is 6. The first kappa shape index (κ1) is 28.4. The molecule has 182 valence electrons. The van der Waals surface area contributed by atoms with E-state index in [0.717, 1.165) is 5.56 Å². The van der Waals surface area contributed by atoms with Gasteiger partial charge in [-0.3, -0.25) is 14.9 Å². The SMILES string of the molecule is CCNC(=NCC(O)c1ccncc1)NCC1C(C)OC(C)(C)N1C(=O)OC(C)(C)C.I. The zero-order chi connectivity index (χ0) is 23.2. The van der Waals surface area contributed by atoms with Crippen LogP contribution in [0.25, 0.3) is 0 Å². The van der Waals surface area contributed by atoms with Crippen LogP contribution in [0, 0.1) is 0 Å². The van der Waals surface area contributed by atoms with Gasteiger partial charge < -0.3 is 25.2 Å². The predicted octanol–water partition coefficient (Wildman–Crippen LogP) is 3.05. The molecule has 2 rings (SSSR count). The van der Waals surface area contributed by atoms with Gasteiger partial charge >= 0.3 is 6.09 Å². The lowest BCUT2D eigenvalue weighted by atomic mass is 10.1. The van der Waals surface area contributed by atoms with Gasteiger partial charge in [0.15, 0.2) is 5.96 Å². The van der Waals surface area contributed by atoms with Crippen LogP contribution in [0.1, 0.15) is 60.1 Å². The van der Waals surface area contributed by atoms with Crippen molar-refractivity contribution in [2.75, 3.05) is 19.6 Å². The van der Waals surface area contributed by atoms with Crippen LogP contribution >= 0.6 is 24.0 Å². The fourth-order valence-electron chi connectivity index (χ4n) is 3.53. The summed E-state index contributed by atoms with van der Waals surface area (Å²) in [5, 5.41) is 16.8. The number of guanidine groups is 1. The number of aliphatic hydroxyl groups excluding tert-OH is 1. The van der Waals surface area contributed by atoms with Gasteiger partial charge in [0.25, 0.3) is 0 Å². The third-order valence-corrected chi connectivity index (χ3v) is 4.85. The minimum absolute atomic E-state index is 0. The van der Waals surface area contributed by atoms with Crippen LogP contribution in [0.3, 0.4) is 0 Å². The highest BCUT2D eigenvalue weighted by molar-refractivity contribution is 14.0. The van der Waals surface area contributed by atoms with E-state index in [4.69, 9.17) is 9.47 Å². The fourth-order valence-corrected chi connectivity index (χ4v) is 3.53. The molecule has 1 fully saturated rings. The monoisotopic (exact) mass is 563 g/mol. The number of carbonyl (C=O) groups excluding carboxylic acids is 1. The van der Waals surface area contributed by atoms with E-state index in [0.29, 0.717) is 19.0 Å². The second kappa shape index (κ2) is 12.0. The summed E-state index contributed by atoms with van der Waals surface area (Å²) >= 11 is 0. The molecule has 1 saturated heterocycles. The summed E-state index contributed by atoms with van der Waals surface area (Å²) in [4.78, 5) is 23.0. The number of pyridine rings is 1. The van der Waals surface area contributed by atoms with E-state index < -0.39 is 23.5 Å². The van der Waals surface area contributed by atoms with Gasteiger partial charge in [-0.05, 0) is 66.2 Å². The quantitative estimate of drug-likeness (QED) is 0.278. The van der Waals surface area contributed by atoms with Crippen LogP contribution < -0.4 is 10.6 Å². The van der Waals surface area contributed by atoms with Crippen molar-refractivity contribution in [2.24, 2.45) is 4.99 Å². The average Bonchev–Trinajstić information content (AvgIpc) is 2.90. The number of aliphatic hydroxyl groups is 1. The van der Waals surface area contributed by atoms with E-state index >= 15 is 0 Å². The number of carbonyl (C=O) groups is 1. The highest BCUT2D eigenvalue weighted by Gasteiger charge is 2.49. The second-order valence-electron chi connectivity index (χ2n) is 9.08. The zero-order valence-electron chi connectivity index (χ0n) is 20.1. The molecule has 32 heavy (non-hydrogen) atoms. The molecule has 1 aliphatic rings. The average molecular weight is 563 g/mol. The summed E-state index contributed by atoms with van der Waals surface area (Å²) in [5.74, 6) is 0.552. The first-order valence-electron chi connectivity index (χ1n) is 10.7. The van der Waals surface area contributed by atoms with Crippen molar-refractivity contribution in [1.29, 1.82) is 0 Å². The van der Waals surface area contributed by atoms with E-state index in [9.17, 15) is 9.90 Å². The molecule has 1 aromatic heterocycles. The van der Waals surface area contributed by atoms with Gasteiger partial charge in [-0.1, -0.05) is 0 Å². The van der Waals surface area contributed by atoms with Gasteiger partial charge in [0, 0.05) is 25.5 Å². The van der Waals surface area contributed by atoms with E-state index in [1.807, 2.05) is 48.5 Å². The Morgan fingerprint density at radius 1 is 1.34 bits per heavy atom. The number of hydrogen-bond acceptors (Lipinski definition) is 6. The number of hydrogen-bond donors (Lipinski definition) is 3. The molecule has 2 heterocycles. The summed E-state index contributed by atoms with van der Waals surface area (Å²) in [6.07, 6.45) is 1.94. The third-order valence-electron chi connectivity index (χ3n) is 4.85. The lowest BCUT2D eigenvalue weighted by Crippen LogP contribution is -2.54. The van der Waals surface area contributed by atoms with Gasteiger partial charge in [-0.2, -0.15) is 0 Å². The van der Waals surface area contributed by atoms with Crippen molar-refractivity contribution in [3.05, 3.63) is 30.1 Å². The number of nitrogens with one attached hydrogen (secondary N) is 2. The van der Waals surface area contributed by atoms with Crippen molar-refractivity contribution in [3.63, 3.8) is 0 Å². The highest BCUT2D eigenvalue weighted by Crippen LogP contribution is 2.33. The van der Waals surface area contributed by atoms with Crippen molar-refractivity contribution >= 4 is 36.0 Å². The molecular weight excluding hydrogens is 525 g/mol. The molecule has 3 atom stereocenters. The summed E-state index contributed by atoms with van der Waals surface area (Å²) in [5.41, 5.74) is -0.636. The lowest BCUT2D eigenvalue weighted by Gasteiger charge is -2.35. The Labute approximate surface area is 208 Å². The Balaban J connectivity index is 0.00000512. The molecule has 0 aromatic carbocycles. The number of amides is 1. The van der Waals surface area contributed by atoms with Gasteiger partial charge in [0.2, 0.25) is 0 Å². The van der Waals surface area contributed by atoms with Gasteiger partial charge in [-0.15, -0.1) is 24.0 Å². The van der Waals surface area contributed by atoms with Crippen LogP contribution in [0.4, 0.5) is 4.79 Å². The largest absolute Gasteiger partial charge is 0.444 e. The van der Waals surface area contributed by atoms with Crippen molar-refractivity contribution in [2.45, 2.75) is 78.0 Å². The van der Waals surface area contributed by atoms with E-state index in [2.05, 4.69) is 20.6 Å². The highest BCUT2D eigenvalue weighted by atomic mass is 127. The molecule has 9 nitrogen and oxygen atoms in total. The molecule has 0 radical (unpaired) electrons. The molecule has 0 aliphatic carbocycles. The Morgan fingerprint density at radius 2 is 1.97 bits per heavy atom. The van der Waals surface area contributed by atoms with Crippen molar-refractivity contribution < 1.29 is 19.4 Å². The van der Waals surface area contributed by atoms with Crippen LogP contribution in [-0.2, 0) is 9.47 Å². The maximum Gasteiger partial charge on any atom is 0.412 e. The van der Waals surface area contributed by atoms with Crippen LogP contribution in [0.5, 0.6) is 0 Å². The van der Waals surface area contributed by atoms with E-state index in [1.165, 1.54) is 0 Å². The normalized spacial score (nSPS) is 21.5. The Kier molecular flexibility index (Phi) is 10.6. The summed E-state index contributed by atoms with van der Waals surface area (Å²) in [7, 11) is 0.